The normalized spacial score (nSPS) is 12.9. The van der Waals surface area contributed by atoms with E-state index in [9.17, 15) is 13.2 Å². The predicted molar refractivity (Wildman–Crippen MR) is 65.1 cm³/mol. The Morgan fingerprint density at radius 1 is 1.47 bits per heavy atom. The number of benzene rings is 1. The van der Waals surface area contributed by atoms with E-state index in [1.165, 1.54) is 12.1 Å². The molecule has 0 saturated carbocycles. The number of aryl methyl sites for hydroxylation is 1. The van der Waals surface area contributed by atoms with Crippen LogP contribution in [0.5, 0.6) is 0 Å². The SMILES string of the molecule is Cc1ccc(SC(F)(F)F)cc1N=C(N)CCl. The molecule has 0 unspecified atom stereocenters. The zero-order valence-corrected chi connectivity index (χ0v) is 10.5. The Kier molecular flexibility index (Phi) is 4.70. The molecule has 0 heterocycles. The smallest absolute Gasteiger partial charge is 0.386 e. The van der Waals surface area contributed by atoms with E-state index in [1.807, 2.05) is 0 Å². The molecular weight excluding hydrogens is 273 g/mol. The maximum Gasteiger partial charge on any atom is 0.446 e. The van der Waals surface area contributed by atoms with E-state index in [0.29, 0.717) is 5.69 Å². The number of hydrogen-bond donors (Lipinski definition) is 1. The molecule has 0 saturated heterocycles. The third-order valence-electron chi connectivity index (χ3n) is 1.82. The molecule has 0 aliphatic carbocycles. The number of hydrogen-bond acceptors (Lipinski definition) is 2. The molecule has 0 atom stereocenters. The lowest BCUT2D eigenvalue weighted by Crippen LogP contribution is -2.12. The molecule has 0 bridgehead atoms. The van der Waals surface area contributed by atoms with Gasteiger partial charge in [0.15, 0.2) is 0 Å². The van der Waals surface area contributed by atoms with E-state index in [4.69, 9.17) is 17.3 Å². The summed E-state index contributed by atoms with van der Waals surface area (Å²) in [5.41, 5.74) is 2.27. The first-order valence-corrected chi connectivity index (χ1v) is 5.92. The summed E-state index contributed by atoms with van der Waals surface area (Å²) in [6, 6.07) is 4.30. The molecule has 2 N–H and O–H groups in total. The van der Waals surface area contributed by atoms with Crippen molar-refractivity contribution < 1.29 is 13.2 Å². The van der Waals surface area contributed by atoms with Crippen LogP contribution in [0.15, 0.2) is 28.1 Å². The summed E-state index contributed by atoms with van der Waals surface area (Å²) in [5.74, 6) is 0.208. The summed E-state index contributed by atoms with van der Waals surface area (Å²) in [6.45, 7) is 1.74. The molecule has 0 aliphatic heterocycles. The minimum atomic E-state index is -4.31. The molecule has 0 radical (unpaired) electrons. The number of nitrogens with zero attached hydrogens (tertiary/aromatic N) is 1. The second-order valence-corrected chi connectivity index (χ2v) is 4.64. The van der Waals surface area contributed by atoms with Gasteiger partial charge in [-0.15, -0.1) is 11.6 Å². The summed E-state index contributed by atoms with van der Waals surface area (Å²) in [5, 5.41) is 0. The zero-order chi connectivity index (χ0) is 13.1. The average Bonchev–Trinajstić information content (AvgIpc) is 2.20. The third-order valence-corrected chi connectivity index (χ3v) is 2.81. The molecule has 94 valence electrons. The Labute approximate surface area is 106 Å². The molecule has 0 aliphatic rings. The van der Waals surface area contributed by atoms with Crippen LogP contribution in [0.2, 0.25) is 0 Å². The van der Waals surface area contributed by atoms with Crippen molar-refractivity contribution >= 4 is 34.9 Å². The van der Waals surface area contributed by atoms with Gasteiger partial charge in [-0.25, -0.2) is 4.99 Å². The Hall–Kier alpha value is -0.880. The van der Waals surface area contributed by atoms with Crippen molar-refractivity contribution in [2.75, 3.05) is 5.88 Å². The molecular formula is C10H10ClF3N2S. The van der Waals surface area contributed by atoms with Crippen molar-refractivity contribution in [3.8, 4) is 0 Å². The highest BCUT2D eigenvalue weighted by molar-refractivity contribution is 8.00. The van der Waals surface area contributed by atoms with Crippen molar-refractivity contribution in [3.05, 3.63) is 23.8 Å². The third kappa shape index (κ3) is 4.87. The lowest BCUT2D eigenvalue weighted by Gasteiger charge is -2.08. The van der Waals surface area contributed by atoms with E-state index in [-0.39, 0.29) is 28.4 Å². The van der Waals surface area contributed by atoms with E-state index in [0.717, 1.165) is 5.56 Å². The van der Waals surface area contributed by atoms with Crippen LogP contribution in [0, 0.1) is 6.92 Å². The van der Waals surface area contributed by atoms with Gasteiger partial charge in [-0.2, -0.15) is 13.2 Å². The van der Waals surface area contributed by atoms with Crippen LogP contribution >= 0.6 is 23.4 Å². The van der Waals surface area contributed by atoms with Crippen LogP contribution in [0.25, 0.3) is 0 Å². The Bertz CT molecular complexity index is 432. The largest absolute Gasteiger partial charge is 0.446 e. The van der Waals surface area contributed by atoms with Gasteiger partial charge in [0.1, 0.15) is 5.84 Å². The van der Waals surface area contributed by atoms with E-state index >= 15 is 0 Å². The van der Waals surface area contributed by atoms with Crippen molar-refractivity contribution in [2.24, 2.45) is 10.7 Å². The quantitative estimate of drug-likeness (QED) is 0.396. The van der Waals surface area contributed by atoms with E-state index in [1.54, 1.807) is 13.0 Å². The summed E-state index contributed by atoms with van der Waals surface area (Å²) in [7, 11) is 0. The molecule has 1 rings (SSSR count). The Morgan fingerprint density at radius 2 is 2.12 bits per heavy atom. The molecule has 17 heavy (non-hydrogen) atoms. The second kappa shape index (κ2) is 5.64. The van der Waals surface area contributed by atoms with Crippen LogP contribution < -0.4 is 5.73 Å². The van der Waals surface area contributed by atoms with Gasteiger partial charge in [0, 0.05) is 4.90 Å². The van der Waals surface area contributed by atoms with Crippen molar-refractivity contribution in [3.63, 3.8) is 0 Å². The number of aliphatic imine (C=N–C) groups is 1. The lowest BCUT2D eigenvalue weighted by atomic mass is 10.2. The van der Waals surface area contributed by atoms with Gasteiger partial charge in [0.25, 0.3) is 0 Å². The monoisotopic (exact) mass is 282 g/mol. The molecule has 7 heteroatoms. The van der Waals surface area contributed by atoms with Crippen molar-refractivity contribution in [1.82, 2.24) is 0 Å². The standard InChI is InChI=1S/C10H10ClF3N2S/c1-6-2-3-7(17-10(12,13)14)4-8(6)16-9(15)5-11/h2-4H,5H2,1H3,(H2,15,16). The Balaban J connectivity index is 3.03. The molecule has 1 aromatic carbocycles. The fraction of sp³-hybridized carbons (Fsp3) is 0.300. The number of amidine groups is 1. The van der Waals surface area contributed by atoms with Crippen LogP contribution in [-0.4, -0.2) is 17.2 Å². The van der Waals surface area contributed by atoms with Crippen LogP contribution in [0.1, 0.15) is 5.56 Å². The maximum absolute atomic E-state index is 12.2. The highest BCUT2D eigenvalue weighted by Crippen LogP contribution is 2.38. The minimum Gasteiger partial charge on any atom is -0.386 e. The first-order chi connectivity index (χ1) is 7.81. The first-order valence-electron chi connectivity index (χ1n) is 4.57. The molecule has 0 spiro atoms. The molecule has 0 aromatic heterocycles. The van der Waals surface area contributed by atoms with Crippen LogP contribution in [-0.2, 0) is 0 Å². The van der Waals surface area contributed by atoms with E-state index in [2.05, 4.69) is 4.99 Å². The summed E-state index contributed by atoms with van der Waals surface area (Å²) in [4.78, 5) is 4.02. The van der Waals surface area contributed by atoms with Gasteiger partial charge >= 0.3 is 5.51 Å². The van der Waals surface area contributed by atoms with Gasteiger partial charge in [-0.3, -0.25) is 0 Å². The number of halogens is 4. The molecule has 0 fully saturated rings. The number of nitrogens with two attached hydrogens (primary N) is 1. The topological polar surface area (TPSA) is 38.4 Å². The summed E-state index contributed by atoms with van der Waals surface area (Å²) < 4.78 is 36.6. The van der Waals surface area contributed by atoms with Gasteiger partial charge in [-0.1, -0.05) is 6.07 Å². The second-order valence-electron chi connectivity index (χ2n) is 3.23. The molecule has 0 amide bonds. The fourth-order valence-corrected chi connectivity index (χ4v) is 1.73. The number of alkyl halides is 4. The molecule has 2 nitrogen and oxygen atoms in total. The lowest BCUT2D eigenvalue weighted by molar-refractivity contribution is -0.0328. The highest BCUT2D eigenvalue weighted by Gasteiger charge is 2.29. The van der Waals surface area contributed by atoms with Gasteiger partial charge in [0.2, 0.25) is 0 Å². The van der Waals surface area contributed by atoms with E-state index < -0.39 is 5.51 Å². The maximum atomic E-state index is 12.2. The van der Waals surface area contributed by atoms with Gasteiger partial charge in [0.05, 0.1) is 11.6 Å². The van der Waals surface area contributed by atoms with Crippen LogP contribution in [0.4, 0.5) is 18.9 Å². The van der Waals surface area contributed by atoms with Gasteiger partial charge < -0.3 is 5.73 Å². The van der Waals surface area contributed by atoms with Crippen LogP contribution in [0.3, 0.4) is 0 Å². The molecule has 1 aromatic rings. The zero-order valence-electron chi connectivity index (χ0n) is 8.88. The summed E-state index contributed by atoms with van der Waals surface area (Å²) >= 11 is 5.27. The number of thioether (sulfide) groups is 1. The van der Waals surface area contributed by atoms with Crippen molar-refractivity contribution in [2.45, 2.75) is 17.3 Å². The Morgan fingerprint density at radius 3 is 2.65 bits per heavy atom. The van der Waals surface area contributed by atoms with Gasteiger partial charge in [-0.05, 0) is 36.4 Å². The fourth-order valence-electron chi connectivity index (χ4n) is 1.09. The highest BCUT2D eigenvalue weighted by atomic mass is 35.5. The number of rotatable bonds is 3. The first kappa shape index (κ1) is 14.2. The predicted octanol–water partition coefficient (Wildman–Crippen LogP) is 3.83. The van der Waals surface area contributed by atoms with Crippen molar-refractivity contribution in [1.29, 1.82) is 0 Å². The summed E-state index contributed by atoms with van der Waals surface area (Å²) in [6.07, 6.45) is 0. The minimum absolute atomic E-state index is 0.0378. The average molecular weight is 283 g/mol.